The Morgan fingerprint density at radius 1 is 1.29 bits per heavy atom. The number of esters is 1. The predicted octanol–water partition coefficient (Wildman–Crippen LogP) is 1.97. The largest absolute Gasteiger partial charge is 0.459 e. The molecule has 0 aromatic heterocycles. The highest BCUT2D eigenvalue weighted by Crippen LogP contribution is 2.30. The predicted molar refractivity (Wildman–Crippen MR) is 55.7 cm³/mol. The molecule has 0 unspecified atom stereocenters. The Balaban J connectivity index is 2.52. The van der Waals surface area contributed by atoms with Gasteiger partial charge in [-0.2, -0.15) is 0 Å². The highest BCUT2D eigenvalue weighted by molar-refractivity contribution is 5.76. The molecule has 0 aromatic carbocycles. The van der Waals surface area contributed by atoms with E-state index in [1.807, 2.05) is 0 Å². The standard InChI is InChI=1S/C11H18F2O4/c1-9(2)16-5-10(3,6-17-9)8(14)15-7-11(4,12)13/h5-7H2,1-4H3. The maximum atomic E-state index is 12.6. The molecule has 1 aliphatic rings. The molecule has 1 aliphatic heterocycles. The van der Waals surface area contributed by atoms with Crippen LogP contribution in [0.4, 0.5) is 8.78 Å². The van der Waals surface area contributed by atoms with Gasteiger partial charge >= 0.3 is 5.97 Å². The average molecular weight is 252 g/mol. The number of halogens is 2. The van der Waals surface area contributed by atoms with E-state index >= 15 is 0 Å². The molecule has 0 aliphatic carbocycles. The molecular weight excluding hydrogens is 234 g/mol. The monoisotopic (exact) mass is 252 g/mol. The second-order valence-electron chi connectivity index (χ2n) is 5.18. The SMILES string of the molecule is CC(F)(F)COC(=O)C1(C)COC(C)(C)OC1. The number of ether oxygens (including phenoxy) is 3. The lowest BCUT2D eigenvalue weighted by Crippen LogP contribution is -2.50. The molecule has 1 rings (SSSR count). The molecule has 1 fully saturated rings. The summed E-state index contributed by atoms with van der Waals surface area (Å²) < 4.78 is 40.3. The van der Waals surface area contributed by atoms with Gasteiger partial charge in [-0.1, -0.05) is 0 Å². The highest BCUT2D eigenvalue weighted by Gasteiger charge is 2.44. The molecule has 0 bridgehead atoms. The van der Waals surface area contributed by atoms with Crippen LogP contribution in [-0.4, -0.2) is 37.5 Å². The average Bonchev–Trinajstić information content (AvgIpc) is 2.18. The fourth-order valence-corrected chi connectivity index (χ4v) is 1.23. The van der Waals surface area contributed by atoms with Crippen LogP contribution in [-0.2, 0) is 19.0 Å². The number of carbonyl (C=O) groups is 1. The molecule has 0 spiro atoms. The molecule has 0 aromatic rings. The fraction of sp³-hybridized carbons (Fsp3) is 0.909. The van der Waals surface area contributed by atoms with E-state index in [-0.39, 0.29) is 13.2 Å². The van der Waals surface area contributed by atoms with Crippen LogP contribution in [0.3, 0.4) is 0 Å². The molecule has 6 heteroatoms. The van der Waals surface area contributed by atoms with E-state index in [9.17, 15) is 13.6 Å². The van der Waals surface area contributed by atoms with Crippen molar-refractivity contribution in [3.63, 3.8) is 0 Å². The number of hydrogen-bond donors (Lipinski definition) is 0. The molecule has 0 radical (unpaired) electrons. The second-order valence-corrected chi connectivity index (χ2v) is 5.18. The van der Waals surface area contributed by atoms with Crippen molar-refractivity contribution in [2.45, 2.75) is 39.4 Å². The van der Waals surface area contributed by atoms with Gasteiger partial charge in [0.05, 0.1) is 13.2 Å². The first-order valence-electron chi connectivity index (χ1n) is 5.37. The third-order valence-electron chi connectivity index (χ3n) is 2.43. The molecule has 4 nitrogen and oxygen atoms in total. The van der Waals surface area contributed by atoms with E-state index in [0.717, 1.165) is 0 Å². The lowest BCUT2D eigenvalue weighted by atomic mass is 9.92. The molecule has 0 atom stereocenters. The van der Waals surface area contributed by atoms with Gasteiger partial charge in [0.15, 0.2) is 12.4 Å². The van der Waals surface area contributed by atoms with Gasteiger partial charge in [0.25, 0.3) is 5.92 Å². The van der Waals surface area contributed by atoms with E-state index < -0.39 is 29.7 Å². The summed E-state index contributed by atoms with van der Waals surface area (Å²) in [6.07, 6.45) is 0. The summed E-state index contributed by atoms with van der Waals surface area (Å²) in [6.45, 7) is 4.96. The Morgan fingerprint density at radius 3 is 2.18 bits per heavy atom. The molecule has 17 heavy (non-hydrogen) atoms. The molecule has 0 saturated carbocycles. The minimum Gasteiger partial charge on any atom is -0.459 e. The second kappa shape index (κ2) is 4.49. The van der Waals surface area contributed by atoms with Crippen molar-refractivity contribution in [2.75, 3.05) is 19.8 Å². The van der Waals surface area contributed by atoms with Gasteiger partial charge in [-0.05, 0) is 20.8 Å². The van der Waals surface area contributed by atoms with E-state index in [0.29, 0.717) is 6.92 Å². The number of rotatable bonds is 3. The van der Waals surface area contributed by atoms with Crippen molar-refractivity contribution < 1.29 is 27.8 Å². The molecule has 0 N–H and O–H groups in total. The lowest BCUT2D eigenvalue weighted by Gasteiger charge is -2.39. The van der Waals surface area contributed by atoms with E-state index in [1.54, 1.807) is 20.8 Å². The van der Waals surface area contributed by atoms with E-state index in [2.05, 4.69) is 4.74 Å². The van der Waals surface area contributed by atoms with Crippen LogP contribution in [0.25, 0.3) is 0 Å². The van der Waals surface area contributed by atoms with Gasteiger partial charge in [0, 0.05) is 6.92 Å². The smallest absolute Gasteiger partial charge is 0.316 e. The zero-order chi connectivity index (χ0) is 13.3. The van der Waals surface area contributed by atoms with Crippen LogP contribution in [0, 0.1) is 5.41 Å². The van der Waals surface area contributed by atoms with Gasteiger partial charge < -0.3 is 14.2 Å². The quantitative estimate of drug-likeness (QED) is 0.720. The zero-order valence-corrected chi connectivity index (χ0v) is 10.5. The maximum absolute atomic E-state index is 12.6. The molecular formula is C11H18F2O4. The van der Waals surface area contributed by atoms with Gasteiger partial charge in [-0.25, -0.2) is 8.78 Å². The Labute approximate surface area is 99.2 Å². The molecule has 1 heterocycles. The van der Waals surface area contributed by atoms with Crippen LogP contribution in [0.5, 0.6) is 0 Å². The van der Waals surface area contributed by atoms with E-state index in [4.69, 9.17) is 9.47 Å². The molecule has 1 saturated heterocycles. The van der Waals surface area contributed by atoms with Crippen molar-refractivity contribution in [1.82, 2.24) is 0 Å². The van der Waals surface area contributed by atoms with Crippen LogP contribution in [0.15, 0.2) is 0 Å². The Bertz CT molecular complexity index is 286. The number of hydrogen-bond acceptors (Lipinski definition) is 4. The summed E-state index contributed by atoms with van der Waals surface area (Å²) in [7, 11) is 0. The summed E-state index contributed by atoms with van der Waals surface area (Å²) in [5.41, 5.74) is -1.03. The minimum atomic E-state index is -3.03. The Morgan fingerprint density at radius 2 is 1.76 bits per heavy atom. The van der Waals surface area contributed by atoms with Crippen molar-refractivity contribution in [2.24, 2.45) is 5.41 Å². The van der Waals surface area contributed by atoms with Crippen LogP contribution >= 0.6 is 0 Å². The van der Waals surface area contributed by atoms with Crippen molar-refractivity contribution in [3.8, 4) is 0 Å². The lowest BCUT2D eigenvalue weighted by molar-refractivity contribution is -0.282. The van der Waals surface area contributed by atoms with Crippen molar-refractivity contribution in [1.29, 1.82) is 0 Å². The van der Waals surface area contributed by atoms with Crippen LogP contribution in [0.1, 0.15) is 27.7 Å². The number of alkyl halides is 2. The van der Waals surface area contributed by atoms with Gasteiger partial charge in [-0.3, -0.25) is 4.79 Å². The molecule has 0 amide bonds. The third-order valence-corrected chi connectivity index (χ3v) is 2.43. The highest BCUT2D eigenvalue weighted by atomic mass is 19.3. The zero-order valence-electron chi connectivity index (χ0n) is 10.5. The van der Waals surface area contributed by atoms with Gasteiger partial charge in [0.1, 0.15) is 5.41 Å². The summed E-state index contributed by atoms with van der Waals surface area (Å²) in [6, 6.07) is 0. The normalized spacial score (nSPS) is 23.2. The first-order chi connectivity index (χ1) is 7.54. The molecule has 100 valence electrons. The summed E-state index contributed by atoms with van der Waals surface area (Å²) in [4.78, 5) is 11.7. The van der Waals surface area contributed by atoms with Crippen LogP contribution in [0.2, 0.25) is 0 Å². The Hall–Kier alpha value is -0.750. The fourth-order valence-electron chi connectivity index (χ4n) is 1.23. The van der Waals surface area contributed by atoms with E-state index in [1.165, 1.54) is 0 Å². The summed E-state index contributed by atoms with van der Waals surface area (Å²) in [5.74, 6) is -4.51. The third kappa shape index (κ3) is 4.20. The first-order valence-corrected chi connectivity index (χ1v) is 5.37. The topological polar surface area (TPSA) is 44.8 Å². The van der Waals surface area contributed by atoms with Gasteiger partial charge in [-0.15, -0.1) is 0 Å². The number of carbonyl (C=O) groups excluding carboxylic acids is 1. The Kier molecular flexibility index (Phi) is 3.78. The van der Waals surface area contributed by atoms with Crippen LogP contribution < -0.4 is 0 Å². The van der Waals surface area contributed by atoms with Gasteiger partial charge in [0.2, 0.25) is 0 Å². The van der Waals surface area contributed by atoms with Crippen molar-refractivity contribution in [3.05, 3.63) is 0 Å². The minimum absolute atomic E-state index is 0.0914. The summed E-state index contributed by atoms with van der Waals surface area (Å²) >= 11 is 0. The summed E-state index contributed by atoms with van der Waals surface area (Å²) in [5, 5.41) is 0. The maximum Gasteiger partial charge on any atom is 0.316 e. The first kappa shape index (κ1) is 14.3. The van der Waals surface area contributed by atoms with Crippen molar-refractivity contribution >= 4 is 5.97 Å².